The highest BCUT2D eigenvalue weighted by atomic mass is 35.5. The topological polar surface area (TPSA) is 50.8 Å². The number of hydrogen-bond acceptors (Lipinski definition) is 4. The zero-order chi connectivity index (χ0) is 14.8. The van der Waals surface area contributed by atoms with Crippen LogP contribution in [-0.2, 0) is 0 Å². The quantitative estimate of drug-likeness (QED) is 0.929. The van der Waals surface area contributed by atoms with Gasteiger partial charge in [0, 0.05) is 18.7 Å². The highest BCUT2D eigenvalue weighted by molar-refractivity contribution is 6.32. The molecule has 1 N–H and O–H groups in total. The Morgan fingerprint density at radius 1 is 1.48 bits per heavy atom. The van der Waals surface area contributed by atoms with E-state index >= 15 is 0 Å². The zero-order valence-corrected chi connectivity index (χ0v) is 12.8. The van der Waals surface area contributed by atoms with Gasteiger partial charge in [-0.3, -0.25) is 4.79 Å². The molecular weight excluding hydrogens is 292 g/mol. The molecule has 0 aliphatic carbocycles. The van der Waals surface area contributed by atoms with Crippen molar-refractivity contribution in [2.24, 2.45) is 5.92 Å². The third-order valence-electron chi connectivity index (χ3n) is 3.97. The normalized spacial score (nSPS) is 20.7. The second-order valence-corrected chi connectivity index (χ2v) is 5.92. The van der Waals surface area contributed by atoms with E-state index in [1.807, 2.05) is 11.9 Å². The van der Waals surface area contributed by atoms with Gasteiger partial charge in [-0.15, -0.1) is 0 Å². The van der Waals surface area contributed by atoms with Gasteiger partial charge in [-0.25, -0.2) is 0 Å². The largest absolute Gasteiger partial charge is 0.454 e. The molecule has 1 unspecified atom stereocenters. The summed E-state index contributed by atoms with van der Waals surface area (Å²) in [6, 6.07) is 3.39. The van der Waals surface area contributed by atoms with Gasteiger partial charge >= 0.3 is 0 Å². The summed E-state index contributed by atoms with van der Waals surface area (Å²) >= 11 is 6.15. The summed E-state index contributed by atoms with van der Waals surface area (Å²) in [5.74, 6) is 1.60. The predicted octanol–water partition coefficient (Wildman–Crippen LogP) is 2.14. The molecule has 1 aromatic rings. The predicted molar refractivity (Wildman–Crippen MR) is 80.1 cm³/mol. The van der Waals surface area contributed by atoms with E-state index in [1.165, 1.54) is 0 Å². The number of halogens is 1. The van der Waals surface area contributed by atoms with E-state index in [0.29, 0.717) is 28.0 Å². The van der Waals surface area contributed by atoms with Gasteiger partial charge in [-0.2, -0.15) is 0 Å². The van der Waals surface area contributed by atoms with Gasteiger partial charge in [0.15, 0.2) is 11.5 Å². The number of fused-ring (bicyclic) bond motifs is 1. The summed E-state index contributed by atoms with van der Waals surface area (Å²) in [6.45, 7) is 2.67. The molecule has 2 aliphatic heterocycles. The summed E-state index contributed by atoms with van der Waals surface area (Å²) in [7, 11) is 1.94. The Bertz CT molecular complexity index is 548. The first-order valence-electron chi connectivity index (χ1n) is 7.22. The Hall–Kier alpha value is -1.46. The Balaban J connectivity index is 1.77. The molecule has 0 aromatic heterocycles. The summed E-state index contributed by atoms with van der Waals surface area (Å²) in [5, 5.41) is 3.61. The highest BCUT2D eigenvalue weighted by Crippen LogP contribution is 2.40. The average molecular weight is 311 g/mol. The molecule has 3 rings (SSSR count). The molecule has 2 heterocycles. The molecule has 21 heavy (non-hydrogen) atoms. The van der Waals surface area contributed by atoms with E-state index in [4.69, 9.17) is 21.1 Å². The van der Waals surface area contributed by atoms with Crippen LogP contribution in [0.1, 0.15) is 23.2 Å². The van der Waals surface area contributed by atoms with Gasteiger partial charge in [0.05, 0.1) is 5.02 Å². The maximum absolute atomic E-state index is 12.7. The minimum Gasteiger partial charge on any atom is -0.454 e. The van der Waals surface area contributed by atoms with Crippen LogP contribution in [0, 0.1) is 5.92 Å². The van der Waals surface area contributed by atoms with Crippen molar-refractivity contribution in [2.45, 2.75) is 12.8 Å². The minimum atomic E-state index is 0.0102. The number of rotatable bonds is 3. The van der Waals surface area contributed by atoms with Gasteiger partial charge < -0.3 is 19.7 Å². The average Bonchev–Trinajstić information content (AvgIpc) is 2.96. The first-order valence-corrected chi connectivity index (χ1v) is 7.60. The van der Waals surface area contributed by atoms with Crippen LogP contribution in [-0.4, -0.2) is 44.3 Å². The monoisotopic (exact) mass is 310 g/mol. The van der Waals surface area contributed by atoms with Gasteiger partial charge in [-0.05, 0) is 44.5 Å². The fraction of sp³-hybridized carbons (Fsp3) is 0.533. The lowest BCUT2D eigenvalue weighted by atomic mass is 9.97. The van der Waals surface area contributed by atoms with Gasteiger partial charge in [-0.1, -0.05) is 11.6 Å². The van der Waals surface area contributed by atoms with Crippen molar-refractivity contribution in [3.05, 3.63) is 22.7 Å². The second-order valence-electron chi connectivity index (χ2n) is 5.51. The van der Waals surface area contributed by atoms with Gasteiger partial charge in [0.1, 0.15) is 0 Å². The molecule has 1 aromatic carbocycles. The molecule has 1 saturated heterocycles. The lowest BCUT2D eigenvalue weighted by Gasteiger charge is -2.32. The number of benzene rings is 1. The third kappa shape index (κ3) is 2.94. The smallest absolute Gasteiger partial charge is 0.254 e. The number of nitrogens with zero attached hydrogens (tertiary/aromatic N) is 1. The molecule has 5 nitrogen and oxygen atoms in total. The molecular formula is C15H19ClN2O3. The van der Waals surface area contributed by atoms with Crippen molar-refractivity contribution < 1.29 is 14.3 Å². The van der Waals surface area contributed by atoms with Gasteiger partial charge in [0.2, 0.25) is 6.79 Å². The number of ether oxygens (including phenoxy) is 2. The van der Waals surface area contributed by atoms with Crippen LogP contribution in [0.3, 0.4) is 0 Å². The number of nitrogens with one attached hydrogen (secondary N) is 1. The Kier molecular flexibility index (Phi) is 4.22. The maximum Gasteiger partial charge on any atom is 0.254 e. The summed E-state index contributed by atoms with van der Waals surface area (Å²) in [4.78, 5) is 14.6. The van der Waals surface area contributed by atoms with Crippen molar-refractivity contribution in [1.29, 1.82) is 0 Å². The molecule has 114 valence electrons. The Morgan fingerprint density at radius 3 is 3.14 bits per heavy atom. The highest BCUT2D eigenvalue weighted by Gasteiger charge is 2.26. The Morgan fingerprint density at radius 2 is 2.33 bits per heavy atom. The number of carbonyl (C=O) groups is 1. The number of piperidine rings is 1. The molecule has 1 fully saturated rings. The van der Waals surface area contributed by atoms with Crippen LogP contribution in [0.25, 0.3) is 0 Å². The zero-order valence-electron chi connectivity index (χ0n) is 12.0. The van der Waals surface area contributed by atoms with Crippen LogP contribution in [0.2, 0.25) is 5.02 Å². The van der Waals surface area contributed by atoms with E-state index in [9.17, 15) is 4.79 Å². The molecule has 1 atom stereocenters. The fourth-order valence-electron chi connectivity index (χ4n) is 2.98. The van der Waals surface area contributed by atoms with Crippen LogP contribution >= 0.6 is 11.6 Å². The molecule has 2 aliphatic rings. The molecule has 1 amide bonds. The standard InChI is InChI=1S/C15H19ClN2O3/c1-17-7-10-3-2-4-18(8-10)15(19)11-5-12(16)14-13(6-11)20-9-21-14/h5-6,10,17H,2-4,7-9H2,1H3. The second kappa shape index (κ2) is 6.12. The molecule has 0 bridgehead atoms. The lowest BCUT2D eigenvalue weighted by molar-refractivity contribution is 0.0674. The van der Waals surface area contributed by atoms with E-state index in [0.717, 1.165) is 32.5 Å². The summed E-state index contributed by atoms with van der Waals surface area (Å²) in [5.41, 5.74) is 0.564. The van der Waals surface area contributed by atoms with Crippen molar-refractivity contribution in [2.75, 3.05) is 33.5 Å². The van der Waals surface area contributed by atoms with E-state index < -0.39 is 0 Å². The van der Waals surface area contributed by atoms with Crippen LogP contribution < -0.4 is 14.8 Å². The van der Waals surface area contributed by atoms with E-state index in [-0.39, 0.29) is 12.7 Å². The van der Waals surface area contributed by atoms with Crippen molar-refractivity contribution in [3.8, 4) is 11.5 Å². The Labute approximate surface area is 129 Å². The van der Waals surface area contributed by atoms with Gasteiger partial charge in [0.25, 0.3) is 5.91 Å². The van der Waals surface area contributed by atoms with Crippen LogP contribution in [0.4, 0.5) is 0 Å². The van der Waals surface area contributed by atoms with Crippen molar-refractivity contribution >= 4 is 17.5 Å². The molecule has 6 heteroatoms. The van der Waals surface area contributed by atoms with Crippen LogP contribution in [0.15, 0.2) is 12.1 Å². The fourth-order valence-corrected chi connectivity index (χ4v) is 3.24. The molecule has 0 saturated carbocycles. The van der Waals surface area contributed by atoms with E-state index in [1.54, 1.807) is 12.1 Å². The first-order chi connectivity index (χ1) is 10.2. The van der Waals surface area contributed by atoms with Crippen LogP contribution in [0.5, 0.6) is 11.5 Å². The van der Waals surface area contributed by atoms with E-state index in [2.05, 4.69) is 5.32 Å². The number of amides is 1. The SMILES string of the molecule is CNCC1CCCN(C(=O)c2cc(Cl)c3c(c2)OCO3)C1. The first kappa shape index (κ1) is 14.5. The summed E-state index contributed by atoms with van der Waals surface area (Å²) in [6.07, 6.45) is 2.20. The van der Waals surface area contributed by atoms with Crippen molar-refractivity contribution in [3.63, 3.8) is 0 Å². The number of hydrogen-bond donors (Lipinski definition) is 1. The molecule has 0 spiro atoms. The lowest BCUT2D eigenvalue weighted by Crippen LogP contribution is -2.42. The number of likely N-dealkylation sites (tertiary alicyclic amines) is 1. The number of carbonyl (C=O) groups excluding carboxylic acids is 1. The maximum atomic E-state index is 12.7. The summed E-state index contributed by atoms with van der Waals surface area (Å²) < 4.78 is 10.6. The third-order valence-corrected chi connectivity index (χ3v) is 4.25. The minimum absolute atomic E-state index is 0.0102. The molecule has 0 radical (unpaired) electrons. The van der Waals surface area contributed by atoms with Crippen molar-refractivity contribution in [1.82, 2.24) is 10.2 Å².